The van der Waals surface area contributed by atoms with Crippen molar-refractivity contribution in [2.75, 3.05) is 19.7 Å². The summed E-state index contributed by atoms with van der Waals surface area (Å²) >= 11 is 0. The number of para-hydroxylation sites is 1. The van der Waals surface area contributed by atoms with Crippen LogP contribution in [0.2, 0.25) is 0 Å². The summed E-state index contributed by atoms with van der Waals surface area (Å²) in [7, 11) is 0. The number of H-pyrrole nitrogens is 1. The van der Waals surface area contributed by atoms with Gasteiger partial charge < -0.3 is 24.8 Å². The van der Waals surface area contributed by atoms with Gasteiger partial charge in [-0.1, -0.05) is 18.2 Å². The zero-order chi connectivity index (χ0) is 18.4. The Morgan fingerprint density at radius 1 is 1.35 bits per heavy atom. The number of hydrogen-bond acceptors (Lipinski definition) is 4. The van der Waals surface area contributed by atoms with Crippen LogP contribution in [-0.2, 0) is 16.0 Å². The second kappa shape index (κ2) is 6.37. The van der Waals surface area contributed by atoms with Crippen LogP contribution < -0.4 is 0 Å². The highest BCUT2D eigenvalue weighted by atomic mass is 16.5. The molecule has 1 spiro atoms. The van der Waals surface area contributed by atoms with Crippen molar-refractivity contribution in [2.45, 2.75) is 49.9 Å². The lowest BCUT2D eigenvalue weighted by atomic mass is 9.76. The number of aliphatic hydroxyl groups excluding tert-OH is 1. The molecular formula is C20H26N2O4. The minimum absolute atomic E-state index is 0.118. The Labute approximate surface area is 152 Å². The van der Waals surface area contributed by atoms with Crippen molar-refractivity contribution in [3.05, 3.63) is 36.0 Å². The van der Waals surface area contributed by atoms with E-state index in [4.69, 9.17) is 4.74 Å². The van der Waals surface area contributed by atoms with Gasteiger partial charge in [-0.2, -0.15) is 0 Å². The number of hydrogen-bond donors (Lipinski definition) is 3. The molecule has 0 radical (unpaired) electrons. The van der Waals surface area contributed by atoms with E-state index in [0.29, 0.717) is 38.8 Å². The fraction of sp³-hybridized carbons (Fsp3) is 0.550. The number of rotatable bonds is 2. The van der Waals surface area contributed by atoms with E-state index in [0.717, 1.165) is 16.5 Å². The quantitative estimate of drug-likeness (QED) is 0.761. The van der Waals surface area contributed by atoms with Crippen LogP contribution in [0.25, 0.3) is 10.9 Å². The molecule has 2 saturated heterocycles. The van der Waals surface area contributed by atoms with Crippen LogP contribution in [0.1, 0.15) is 31.7 Å². The van der Waals surface area contributed by atoms with Crippen LogP contribution in [0.3, 0.4) is 0 Å². The van der Waals surface area contributed by atoms with Gasteiger partial charge in [0.05, 0.1) is 24.2 Å². The molecule has 1 aromatic heterocycles. The third-order valence-corrected chi connectivity index (χ3v) is 5.99. The lowest BCUT2D eigenvalue weighted by molar-refractivity contribution is -0.222. The number of aliphatic hydroxyl groups is 2. The number of nitrogens with one attached hydrogen (secondary N) is 1. The Morgan fingerprint density at radius 3 is 2.81 bits per heavy atom. The fourth-order valence-corrected chi connectivity index (χ4v) is 4.29. The van der Waals surface area contributed by atoms with Gasteiger partial charge in [-0.05, 0) is 31.4 Å². The third-order valence-electron chi connectivity index (χ3n) is 5.99. The minimum atomic E-state index is -1.13. The highest BCUT2D eigenvalue weighted by Gasteiger charge is 2.48. The minimum Gasteiger partial charge on any atom is -0.388 e. The molecule has 4 rings (SSSR count). The average molecular weight is 358 g/mol. The average Bonchev–Trinajstić information content (AvgIpc) is 3.02. The second-order valence-corrected chi connectivity index (χ2v) is 7.96. The first kappa shape index (κ1) is 17.5. The van der Waals surface area contributed by atoms with Crippen molar-refractivity contribution in [3.8, 4) is 0 Å². The Balaban J connectivity index is 1.39. The predicted octanol–water partition coefficient (Wildman–Crippen LogP) is 1.60. The largest absolute Gasteiger partial charge is 0.388 e. The van der Waals surface area contributed by atoms with E-state index in [2.05, 4.69) is 4.98 Å². The number of likely N-dealkylation sites (tertiary alicyclic amines) is 1. The number of benzene rings is 1. The Kier molecular flexibility index (Phi) is 4.29. The normalized spacial score (nSPS) is 28.6. The molecule has 2 aromatic rings. The number of carbonyl (C=O) groups is 1. The van der Waals surface area contributed by atoms with Crippen molar-refractivity contribution in [1.82, 2.24) is 9.88 Å². The van der Waals surface area contributed by atoms with E-state index >= 15 is 0 Å². The summed E-state index contributed by atoms with van der Waals surface area (Å²) in [6, 6.07) is 8.00. The van der Waals surface area contributed by atoms with Gasteiger partial charge in [0.1, 0.15) is 6.10 Å². The second-order valence-electron chi connectivity index (χ2n) is 7.96. The molecule has 2 aliphatic heterocycles. The van der Waals surface area contributed by atoms with Crippen LogP contribution in [0.4, 0.5) is 0 Å². The molecule has 0 bridgehead atoms. The van der Waals surface area contributed by atoms with Crippen molar-refractivity contribution >= 4 is 16.8 Å². The lowest BCUT2D eigenvalue weighted by Gasteiger charge is -2.49. The molecule has 1 aromatic carbocycles. The van der Waals surface area contributed by atoms with Gasteiger partial charge in [0.25, 0.3) is 0 Å². The molecule has 3 heterocycles. The van der Waals surface area contributed by atoms with E-state index in [9.17, 15) is 15.0 Å². The molecule has 0 saturated carbocycles. The highest BCUT2D eigenvalue weighted by molar-refractivity contribution is 5.88. The van der Waals surface area contributed by atoms with Gasteiger partial charge in [-0.25, -0.2) is 0 Å². The molecule has 1 amide bonds. The van der Waals surface area contributed by atoms with Gasteiger partial charge in [-0.15, -0.1) is 0 Å². The first-order valence-corrected chi connectivity index (χ1v) is 9.26. The van der Waals surface area contributed by atoms with Crippen molar-refractivity contribution < 1.29 is 19.7 Å². The molecule has 2 atom stereocenters. The molecular weight excluding hydrogens is 332 g/mol. The monoisotopic (exact) mass is 358 g/mol. The number of fused-ring (bicyclic) bond motifs is 1. The summed E-state index contributed by atoms with van der Waals surface area (Å²) in [6.45, 7) is 3.05. The standard InChI is InChI=1S/C20H26N2O4/c1-19(25)13-20(26-12-17(19)23)6-8-22(9-7-20)18(24)10-14-11-21-16-5-3-2-4-15(14)16/h2-5,11,17,21,23,25H,6-10,12-13H2,1H3/t17-,19-/m0/s1. The zero-order valence-corrected chi connectivity index (χ0v) is 15.1. The summed E-state index contributed by atoms with van der Waals surface area (Å²) in [5.41, 5.74) is 0.504. The molecule has 2 fully saturated rings. The summed E-state index contributed by atoms with van der Waals surface area (Å²) in [5, 5.41) is 21.4. The van der Waals surface area contributed by atoms with Gasteiger partial charge in [-0.3, -0.25) is 4.79 Å². The van der Waals surface area contributed by atoms with Crippen LogP contribution >= 0.6 is 0 Å². The number of aromatic nitrogens is 1. The van der Waals surface area contributed by atoms with Crippen molar-refractivity contribution in [3.63, 3.8) is 0 Å². The number of amides is 1. The smallest absolute Gasteiger partial charge is 0.227 e. The molecule has 2 aliphatic rings. The van der Waals surface area contributed by atoms with E-state index < -0.39 is 17.3 Å². The first-order chi connectivity index (χ1) is 12.4. The SMILES string of the molecule is C[C@]1(O)CC2(CCN(C(=O)Cc3c[nH]c4ccccc34)CC2)OC[C@@H]1O. The van der Waals surface area contributed by atoms with E-state index in [1.54, 1.807) is 6.92 Å². The van der Waals surface area contributed by atoms with Gasteiger partial charge in [0.15, 0.2) is 0 Å². The highest BCUT2D eigenvalue weighted by Crippen LogP contribution is 2.39. The molecule has 0 unspecified atom stereocenters. The number of piperidine rings is 1. The number of aromatic amines is 1. The maximum atomic E-state index is 12.7. The predicted molar refractivity (Wildman–Crippen MR) is 97.7 cm³/mol. The van der Waals surface area contributed by atoms with Crippen LogP contribution in [0.15, 0.2) is 30.5 Å². The number of ether oxygens (including phenoxy) is 1. The van der Waals surface area contributed by atoms with E-state index in [1.165, 1.54) is 0 Å². The third kappa shape index (κ3) is 3.13. The number of nitrogens with zero attached hydrogens (tertiary/aromatic N) is 1. The summed E-state index contributed by atoms with van der Waals surface area (Å²) in [5.74, 6) is 0.118. The summed E-state index contributed by atoms with van der Waals surface area (Å²) in [6.07, 6.45) is 3.23. The van der Waals surface area contributed by atoms with E-state index in [-0.39, 0.29) is 12.5 Å². The topological polar surface area (TPSA) is 85.8 Å². The maximum absolute atomic E-state index is 12.7. The van der Waals surface area contributed by atoms with Gasteiger partial charge >= 0.3 is 0 Å². The lowest BCUT2D eigenvalue weighted by Crippen LogP contribution is -2.59. The fourth-order valence-electron chi connectivity index (χ4n) is 4.29. The molecule has 3 N–H and O–H groups in total. The van der Waals surface area contributed by atoms with Crippen molar-refractivity contribution in [2.24, 2.45) is 0 Å². The maximum Gasteiger partial charge on any atom is 0.227 e. The van der Waals surface area contributed by atoms with Crippen molar-refractivity contribution in [1.29, 1.82) is 0 Å². The van der Waals surface area contributed by atoms with E-state index in [1.807, 2.05) is 35.4 Å². The Morgan fingerprint density at radius 2 is 2.08 bits per heavy atom. The van der Waals surface area contributed by atoms with Gasteiger partial charge in [0.2, 0.25) is 5.91 Å². The van der Waals surface area contributed by atoms with Crippen LogP contribution in [0, 0.1) is 0 Å². The van der Waals surface area contributed by atoms with Gasteiger partial charge in [0, 0.05) is 36.6 Å². The molecule has 0 aliphatic carbocycles. The Hall–Kier alpha value is -1.89. The first-order valence-electron chi connectivity index (χ1n) is 9.26. The summed E-state index contributed by atoms with van der Waals surface area (Å²) in [4.78, 5) is 17.8. The molecule has 26 heavy (non-hydrogen) atoms. The zero-order valence-electron chi connectivity index (χ0n) is 15.1. The Bertz CT molecular complexity index is 805. The number of carbonyl (C=O) groups excluding carboxylic acids is 1. The molecule has 140 valence electrons. The molecule has 6 heteroatoms. The molecule has 6 nitrogen and oxygen atoms in total. The summed E-state index contributed by atoms with van der Waals surface area (Å²) < 4.78 is 5.89. The van der Waals surface area contributed by atoms with Crippen LogP contribution in [-0.4, -0.2) is 63.0 Å². The van der Waals surface area contributed by atoms with Crippen LogP contribution in [0.5, 0.6) is 0 Å².